The predicted octanol–water partition coefficient (Wildman–Crippen LogP) is 2.53. The first kappa shape index (κ1) is 15.3. The minimum Gasteiger partial charge on any atom is -0.378 e. The number of nitrogens with zero attached hydrogens (tertiary/aromatic N) is 1. The lowest BCUT2D eigenvalue weighted by atomic mass is 9.63. The van der Waals surface area contributed by atoms with E-state index in [2.05, 4.69) is 31.0 Å². The monoisotopic (exact) mass is 294 g/mol. The lowest BCUT2D eigenvalue weighted by molar-refractivity contribution is -0.170. The zero-order valence-electron chi connectivity index (χ0n) is 13.9. The Morgan fingerprint density at radius 1 is 1.33 bits per heavy atom. The third-order valence-electron chi connectivity index (χ3n) is 6.02. The average molecular weight is 294 g/mol. The highest BCUT2D eigenvalue weighted by Gasteiger charge is 2.57. The largest absolute Gasteiger partial charge is 0.378 e. The Bertz CT molecular complexity index is 404. The highest BCUT2D eigenvalue weighted by molar-refractivity contribution is 5.84. The highest BCUT2D eigenvalue weighted by Crippen LogP contribution is 2.48. The van der Waals surface area contributed by atoms with E-state index < -0.39 is 0 Å². The average Bonchev–Trinajstić information content (AvgIpc) is 3.05. The van der Waals surface area contributed by atoms with Crippen LogP contribution in [0.2, 0.25) is 0 Å². The first-order valence-corrected chi connectivity index (χ1v) is 8.66. The molecule has 4 heteroatoms. The van der Waals surface area contributed by atoms with Gasteiger partial charge in [0, 0.05) is 18.1 Å². The molecule has 1 amide bonds. The molecule has 3 rings (SSSR count). The molecule has 4 nitrogen and oxygen atoms in total. The van der Waals surface area contributed by atoms with Gasteiger partial charge in [0.25, 0.3) is 0 Å². The number of ether oxygens (including phenoxy) is 1. The molecule has 1 aliphatic heterocycles. The van der Waals surface area contributed by atoms with Crippen LogP contribution in [0.4, 0.5) is 0 Å². The molecule has 1 heterocycles. The van der Waals surface area contributed by atoms with Gasteiger partial charge in [-0.05, 0) is 39.0 Å². The Labute approximate surface area is 128 Å². The Kier molecular flexibility index (Phi) is 4.04. The summed E-state index contributed by atoms with van der Waals surface area (Å²) in [7, 11) is 0. The van der Waals surface area contributed by atoms with Gasteiger partial charge in [0.15, 0.2) is 0 Å². The van der Waals surface area contributed by atoms with Crippen LogP contribution < -0.4 is 5.32 Å². The smallest absolute Gasteiger partial charge is 0.241 e. The van der Waals surface area contributed by atoms with Crippen molar-refractivity contribution in [3.05, 3.63) is 0 Å². The number of rotatable bonds is 4. The molecule has 4 unspecified atom stereocenters. The first-order valence-electron chi connectivity index (χ1n) is 8.66. The molecule has 0 bridgehead atoms. The van der Waals surface area contributed by atoms with E-state index in [4.69, 9.17) is 4.74 Å². The van der Waals surface area contributed by atoms with Crippen molar-refractivity contribution >= 4 is 5.91 Å². The van der Waals surface area contributed by atoms with Gasteiger partial charge >= 0.3 is 0 Å². The molecule has 0 aromatic carbocycles. The van der Waals surface area contributed by atoms with Gasteiger partial charge in [0.1, 0.15) is 0 Å². The van der Waals surface area contributed by atoms with Crippen molar-refractivity contribution < 1.29 is 9.53 Å². The summed E-state index contributed by atoms with van der Waals surface area (Å²) in [5.74, 6) is 0.931. The van der Waals surface area contributed by atoms with Crippen LogP contribution in [0.3, 0.4) is 0 Å². The fourth-order valence-electron chi connectivity index (χ4n) is 4.57. The molecular weight excluding hydrogens is 264 g/mol. The summed E-state index contributed by atoms with van der Waals surface area (Å²) in [6, 6.07) is 0.294. The first-order chi connectivity index (χ1) is 9.96. The van der Waals surface area contributed by atoms with Gasteiger partial charge in [-0.3, -0.25) is 10.1 Å². The number of amides is 1. The van der Waals surface area contributed by atoms with Gasteiger partial charge in [-0.15, -0.1) is 0 Å². The van der Waals surface area contributed by atoms with Crippen LogP contribution in [0.1, 0.15) is 59.8 Å². The van der Waals surface area contributed by atoms with E-state index in [-0.39, 0.29) is 17.6 Å². The summed E-state index contributed by atoms with van der Waals surface area (Å²) in [4.78, 5) is 14.9. The van der Waals surface area contributed by atoms with Crippen LogP contribution in [0.25, 0.3) is 0 Å². The number of nitrogens with one attached hydrogen (secondary N) is 1. The van der Waals surface area contributed by atoms with Crippen molar-refractivity contribution in [1.29, 1.82) is 0 Å². The van der Waals surface area contributed by atoms with Gasteiger partial charge < -0.3 is 9.64 Å². The zero-order valence-corrected chi connectivity index (χ0v) is 13.9. The second kappa shape index (κ2) is 5.54. The lowest BCUT2D eigenvalue weighted by Gasteiger charge is -2.56. The quantitative estimate of drug-likeness (QED) is 0.866. The molecule has 2 saturated carbocycles. The SMILES string of the molecule is CCOC1CC(N2C(=O)C(C)NC2C2CCCC2)C1(C)C. The molecule has 4 atom stereocenters. The molecular formula is C17H30N2O2. The molecule has 0 aromatic heterocycles. The molecule has 0 aromatic rings. The van der Waals surface area contributed by atoms with E-state index in [1.807, 2.05) is 6.92 Å². The minimum absolute atomic E-state index is 0.0301. The summed E-state index contributed by atoms with van der Waals surface area (Å²) >= 11 is 0. The Hall–Kier alpha value is -0.610. The molecule has 0 spiro atoms. The van der Waals surface area contributed by atoms with Gasteiger partial charge in [0.2, 0.25) is 5.91 Å². The summed E-state index contributed by atoms with van der Waals surface area (Å²) in [6.45, 7) is 9.33. The van der Waals surface area contributed by atoms with Crippen LogP contribution >= 0.6 is 0 Å². The van der Waals surface area contributed by atoms with Crippen molar-refractivity contribution in [2.45, 2.75) is 84.2 Å². The molecule has 3 aliphatic rings. The molecule has 21 heavy (non-hydrogen) atoms. The lowest BCUT2D eigenvalue weighted by Crippen LogP contribution is -2.65. The van der Waals surface area contributed by atoms with Crippen LogP contribution in [-0.4, -0.2) is 41.8 Å². The Morgan fingerprint density at radius 2 is 2.00 bits per heavy atom. The van der Waals surface area contributed by atoms with Crippen molar-refractivity contribution in [3.63, 3.8) is 0 Å². The van der Waals surface area contributed by atoms with E-state index in [0.717, 1.165) is 13.0 Å². The normalized spacial score (nSPS) is 39.8. The summed E-state index contributed by atoms with van der Waals surface area (Å²) in [6.07, 6.45) is 6.68. The Balaban J connectivity index is 1.77. The topological polar surface area (TPSA) is 41.6 Å². The Morgan fingerprint density at radius 3 is 2.57 bits per heavy atom. The van der Waals surface area contributed by atoms with Crippen molar-refractivity contribution in [3.8, 4) is 0 Å². The fourth-order valence-corrected chi connectivity index (χ4v) is 4.57. The van der Waals surface area contributed by atoms with E-state index >= 15 is 0 Å². The van der Waals surface area contributed by atoms with Crippen LogP contribution in [-0.2, 0) is 9.53 Å². The highest BCUT2D eigenvalue weighted by atomic mass is 16.5. The van der Waals surface area contributed by atoms with E-state index in [0.29, 0.717) is 24.0 Å². The summed E-state index contributed by atoms with van der Waals surface area (Å²) in [5, 5.41) is 3.56. The summed E-state index contributed by atoms with van der Waals surface area (Å²) < 4.78 is 5.85. The minimum atomic E-state index is -0.0301. The maximum atomic E-state index is 12.7. The molecule has 2 aliphatic carbocycles. The van der Waals surface area contributed by atoms with Crippen LogP contribution in [0.15, 0.2) is 0 Å². The number of carbonyl (C=O) groups excluding carboxylic acids is 1. The maximum absolute atomic E-state index is 12.7. The molecule has 0 radical (unpaired) electrons. The molecule has 1 saturated heterocycles. The summed E-state index contributed by atoms with van der Waals surface area (Å²) in [5.41, 5.74) is 0.0638. The predicted molar refractivity (Wildman–Crippen MR) is 82.8 cm³/mol. The van der Waals surface area contributed by atoms with Crippen molar-refractivity contribution in [1.82, 2.24) is 10.2 Å². The van der Waals surface area contributed by atoms with E-state index in [1.54, 1.807) is 0 Å². The van der Waals surface area contributed by atoms with Crippen LogP contribution in [0, 0.1) is 11.3 Å². The third kappa shape index (κ3) is 2.40. The fraction of sp³-hybridized carbons (Fsp3) is 0.941. The second-order valence-corrected chi connectivity index (χ2v) is 7.64. The zero-order chi connectivity index (χ0) is 15.2. The standard InChI is InChI=1S/C17H30N2O2/c1-5-21-14-10-13(17(14,3)4)19-15(12-8-6-7-9-12)18-11(2)16(19)20/h11-15,18H,5-10H2,1-4H3. The van der Waals surface area contributed by atoms with Gasteiger partial charge in [-0.2, -0.15) is 0 Å². The van der Waals surface area contributed by atoms with Gasteiger partial charge in [-0.1, -0.05) is 26.7 Å². The molecule has 1 N–H and O–H groups in total. The number of carbonyl (C=O) groups is 1. The van der Waals surface area contributed by atoms with E-state index in [9.17, 15) is 4.79 Å². The van der Waals surface area contributed by atoms with Crippen molar-refractivity contribution in [2.75, 3.05) is 6.61 Å². The van der Waals surface area contributed by atoms with Crippen LogP contribution in [0.5, 0.6) is 0 Å². The number of hydrogen-bond acceptors (Lipinski definition) is 3. The van der Waals surface area contributed by atoms with Gasteiger partial charge in [0.05, 0.1) is 18.3 Å². The number of hydrogen-bond donors (Lipinski definition) is 1. The third-order valence-corrected chi connectivity index (χ3v) is 6.02. The second-order valence-electron chi connectivity index (χ2n) is 7.64. The molecule has 120 valence electrons. The van der Waals surface area contributed by atoms with Gasteiger partial charge in [-0.25, -0.2) is 0 Å². The maximum Gasteiger partial charge on any atom is 0.241 e. The van der Waals surface area contributed by atoms with Crippen molar-refractivity contribution in [2.24, 2.45) is 11.3 Å². The molecule has 3 fully saturated rings. The van der Waals surface area contributed by atoms with E-state index in [1.165, 1.54) is 25.7 Å².